The lowest BCUT2D eigenvalue weighted by Crippen LogP contribution is -2.06. The van der Waals surface area contributed by atoms with Gasteiger partial charge in [-0.2, -0.15) is 0 Å². The zero-order valence-electron chi connectivity index (χ0n) is 11.1. The van der Waals surface area contributed by atoms with E-state index in [2.05, 4.69) is 0 Å². The Morgan fingerprint density at radius 1 is 0.889 bits per heavy atom. The molecule has 0 aliphatic carbocycles. The average molecular weight is 253 g/mol. The highest BCUT2D eigenvalue weighted by atomic mass is 16.5. The minimum absolute atomic E-state index is 0.636. The first-order chi connectivity index (χ1) is 8.88. The van der Waals surface area contributed by atoms with Crippen molar-refractivity contribution in [2.75, 3.05) is 33.5 Å². The van der Waals surface area contributed by atoms with Gasteiger partial charge >= 0.3 is 0 Å². The second kappa shape index (κ2) is 9.74. The van der Waals surface area contributed by atoms with E-state index in [9.17, 15) is 0 Å². The van der Waals surface area contributed by atoms with Crippen LogP contribution in [-0.4, -0.2) is 33.5 Å². The van der Waals surface area contributed by atoms with Gasteiger partial charge in [0.1, 0.15) is 0 Å². The molecule has 0 aliphatic rings. The molecule has 0 aromatic heterocycles. The molecule has 102 valence electrons. The second-order valence-electron chi connectivity index (χ2n) is 3.99. The Morgan fingerprint density at radius 2 is 1.50 bits per heavy atom. The van der Waals surface area contributed by atoms with E-state index in [-0.39, 0.29) is 0 Å². The first-order valence-corrected chi connectivity index (χ1v) is 6.42. The van der Waals surface area contributed by atoms with Crippen LogP contribution in [-0.2, 0) is 4.74 Å². The van der Waals surface area contributed by atoms with Gasteiger partial charge in [0.15, 0.2) is 11.5 Å². The molecule has 0 atom stereocenters. The Morgan fingerprint density at radius 3 is 2.06 bits per heavy atom. The molecule has 1 aromatic rings. The lowest BCUT2D eigenvalue weighted by atomic mass is 10.3. The van der Waals surface area contributed by atoms with Crippen LogP contribution in [0.15, 0.2) is 24.3 Å². The summed E-state index contributed by atoms with van der Waals surface area (Å²) in [5.41, 5.74) is 5.44. The Hall–Kier alpha value is -1.26. The molecule has 1 aromatic carbocycles. The number of nitrogens with two attached hydrogens (primary N) is 1. The van der Waals surface area contributed by atoms with Gasteiger partial charge in [-0.3, -0.25) is 0 Å². The molecule has 0 heterocycles. The second-order valence-corrected chi connectivity index (χ2v) is 3.99. The average Bonchev–Trinajstić information content (AvgIpc) is 2.41. The SMILES string of the molecule is COCCCOc1ccccc1OCCCCN. The molecule has 0 amide bonds. The standard InChI is InChI=1S/C14H23NO3/c1-16-10-6-12-18-14-8-3-2-7-13(14)17-11-5-4-9-15/h2-3,7-8H,4-6,9-12,15H2,1H3. The number of para-hydroxylation sites is 2. The lowest BCUT2D eigenvalue weighted by molar-refractivity contribution is 0.169. The van der Waals surface area contributed by atoms with Gasteiger partial charge < -0.3 is 19.9 Å². The fraction of sp³-hybridized carbons (Fsp3) is 0.571. The Kier molecular flexibility index (Phi) is 8.01. The zero-order chi connectivity index (χ0) is 13.1. The maximum atomic E-state index is 5.68. The molecular formula is C14H23NO3. The van der Waals surface area contributed by atoms with E-state index in [4.69, 9.17) is 19.9 Å². The number of hydrogen-bond acceptors (Lipinski definition) is 4. The monoisotopic (exact) mass is 253 g/mol. The number of rotatable bonds is 10. The van der Waals surface area contributed by atoms with Gasteiger partial charge in [-0.25, -0.2) is 0 Å². The van der Waals surface area contributed by atoms with Crippen molar-refractivity contribution in [1.82, 2.24) is 0 Å². The molecule has 2 N–H and O–H groups in total. The first kappa shape index (κ1) is 14.8. The normalized spacial score (nSPS) is 10.3. The summed E-state index contributed by atoms with van der Waals surface area (Å²) >= 11 is 0. The molecular weight excluding hydrogens is 230 g/mol. The molecule has 0 unspecified atom stereocenters. The lowest BCUT2D eigenvalue weighted by Gasteiger charge is -2.12. The third-order valence-electron chi connectivity index (χ3n) is 2.46. The van der Waals surface area contributed by atoms with Crippen molar-refractivity contribution in [3.8, 4) is 11.5 Å². The van der Waals surface area contributed by atoms with Gasteiger partial charge in [-0.15, -0.1) is 0 Å². The van der Waals surface area contributed by atoms with Crippen LogP contribution in [0.5, 0.6) is 11.5 Å². The van der Waals surface area contributed by atoms with Crippen molar-refractivity contribution >= 4 is 0 Å². The minimum Gasteiger partial charge on any atom is -0.490 e. The molecule has 4 nitrogen and oxygen atoms in total. The van der Waals surface area contributed by atoms with E-state index in [1.807, 2.05) is 24.3 Å². The predicted molar refractivity (Wildman–Crippen MR) is 72.2 cm³/mol. The highest BCUT2D eigenvalue weighted by Gasteiger charge is 2.03. The van der Waals surface area contributed by atoms with Crippen molar-refractivity contribution in [2.45, 2.75) is 19.3 Å². The maximum Gasteiger partial charge on any atom is 0.161 e. The van der Waals surface area contributed by atoms with E-state index in [1.165, 1.54) is 0 Å². The maximum absolute atomic E-state index is 5.68. The number of hydrogen-bond donors (Lipinski definition) is 1. The third kappa shape index (κ3) is 5.89. The molecule has 0 saturated carbocycles. The Balaban J connectivity index is 2.36. The quantitative estimate of drug-likeness (QED) is 0.650. The third-order valence-corrected chi connectivity index (χ3v) is 2.46. The smallest absolute Gasteiger partial charge is 0.161 e. The van der Waals surface area contributed by atoms with Crippen molar-refractivity contribution in [2.24, 2.45) is 5.73 Å². The Labute approximate surface area is 109 Å². The van der Waals surface area contributed by atoms with E-state index in [1.54, 1.807) is 7.11 Å². The van der Waals surface area contributed by atoms with Crippen molar-refractivity contribution in [3.05, 3.63) is 24.3 Å². The van der Waals surface area contributed by atoms with Crippen LogP contribution >= 0.6 is 0 Å². The highest BCUT2D eigenvalue weighted by Crippen LogP contribution is 2.26. The van der Waals surface area contributed by atoms with E-state index < -0.39 is 0 Å². The van der Waals surface area contributed by atoms with Crippen LogP contribution in [0.1, 0.15) is 19.3 Å². The molecule has 0 aliphatic heterocycles. The number of methoxy groups -OCH3 is 1. The first-order valence-electron chi connectivity index (χ1n) is 6.42. The van der Waals surface area contributed by atoms with Crippen LogP contribution in [0.3, 0.4) is 0 Å². The van der Waals surface area contributed by atoms with Crippen LogP contribution in [0.25, 0.3) is 0 Å². The molecule has 0 fully saturated rings. The summed E-state index contributed by atoms with van der Waals surface area (Å²) in [7, 11) is 1.69. The van der Waals surface area contributed by atoms with Gasteiger partial charge in [0, 0.05) is 20.1 Å². The Bertz CT molecular complexity index is 287. The largest absolute Gasteiger partial charge is 0.490 e. The van der Waals surface area contributed by atoms with Crippen molar-refractivity contribution in [1.29, 1.82) is 0 Å². The van der Waals surface area contributed by atoms with Crippen LogP contribution in [0.2, 0.25) is 0 Å². The summed E-state index contributed by atoms with van der Waals surface area (Å²) in [6.07, 6.45) is 2.82. The van der Waals surface area contributed by atoms with Crippen LogP contribution in [0.4, 0.5) is 0 Å². The summed E-state index contributed by atoms with van der Waals surface area (Å²) in [4.78, 5) is 0. The van der Waals surface area contributed by atoms with Crippen molar-refractivity contribution in [3.63, 3.8) is 0 Å². The molecule has 18 heavy (non-hydrogen) atoms. The summed E-state index contributed by atoms with van der Waals surface area (Å²) in [5, 5.41) is 0. The number of unbranched alkanes of at least 4 members (excludes halogenated alkanes) is 1. The van der Waals surface area contributed by atoms with Crippen molar-refractivity contribution < 1.29 is 14.2 Å². The molecule has 0 bridgehead atoms. The molecule has 0 saturated heterocycles. The van der Waals surface area contributed by atoms with Gasteiger partial charge in [0.2, 0.25) is 0 Å². The molecule has 0 spiro atoms. The van der Waals surface area contributed by atoms with Gasteiger partial charge in [-0.1, -0.05) is 12.1 Å². The number of ether oxygens (including phenoxy) is 3. The summed E-state index contributed by atoms with van der Waals surface area (Å²) in [5.74, 6) is 1.59. The zero-order valence-corrected chi connectivity index (χ0v) is 11.1. The molecule has 0 radical (unpaired) electrons. The van der Waals surface area contributed by atoms with Gasteiger partial charge in [0.05, 0.1) is 13.2 Å². The van der Waals surface area contributed by atoms with Crippen LogP contribution < -0.4 is 15.2 Å². The summed E-state index contributed by atoms with van der Waals surface area (Å²) in [6.45, 7) is 2.73. The van der Waals surface area contributed by atoms with E-state index >= 15 is 0 Å². The minimum atomic E-state index is 0.636. The van der Waals surface area contributed by atoms with E-state index in [0.717, 1.165) is 30.8 Å². The molecule has 4 heteroatoms. The predicted octanol–water partition coefficient (Wildman–Crippen LogP) is 2.22. The summed E-state index contributed by atoms with van der Waals surface area (Å²) in [6, 6.07) is 7.73. The highest BCUT2D eigenvalue weighted by molar-refractivity contribution is 5.39. The van der Waals surface area contributed by atoms with E-state index in [0.29, 0.717) is 26.4 Å². The topological polar surface area (TPSA) is 53.7 Å². The fourth-order valence-corrected chi connectivity index (χ4v) is 1.50. The molecule has 1 rings (SSSR count). The number of benzene rings is 1. The summed E-state index contributed by atoms with van der Waals surface area (Å²) < 4.78 is 16.3. The fourth-order valence-electron chi connectivity index (χ4n) is 1.50. The van der Waals surface area contributed by atoms with Gasteiger partial charge in [-0.05, 0) is 31.5 Å². The van der Waals surface area contributed by atoms with Crippen LogP contribution in [0, 0.1) is 0 Å². The van der Waals surface area contributed by atoms with Gasteiger partial charge in [0.25, 0.3) is 0 Å².